The van der Waals surface area contributed by atoms with Crippen LogP contribution in [0.5, 0.6) is 0 Å². The molecule has 14 rings (SSSR count). The fraction of sp³-hybridized carbons (Fsp3) is 0. The maximum atomic E-state index is 2.41. The molecule has 0 aliphatic rings. The second kappa shape index (κ2) is 18.1. The van der Waals surface area contributed by atoms with Gasteiger partial charge in [-0.2, -0.15) is 0 Å². The Morgan fingerprint density at radius 3 is 0.824 bits per heavy atom. The molecule has 2 aromatic heterocycles. The molecule has 0 N–H and O–H groups in total. The maximum Gasteiger partial charge on any atom is 0.0541 e. The van der Waals surface area contributed by atoms with Gasteiger partial charge in [-0.15, -0.1) is 0 Å². The van der Waals surface area contributed by atoms with Gasteiger partial charge in [0.15, 0.2) is 0 Å². The van der Waals surface area contributed by atoms with Crippen LogP contribution in [0.4, 0.5) is 0 Å². The van der Waals surface area contributed by atoms with Crippen LogP contribution in [0.25, 0.3) is 133 Å². The van der Waals surface area contributed by atoms with E-state index in [0.29, 0.717) is 0 Å². The summed E-state index contributed by atoms with van der Waals surface area (Å²) >= 11 is 0. The monoisotopic (exact) mass is 940 g/mol. The van der Waals surface area contributed by atoms with Crippen LogP contribution in [0, 0.1) is 0 Å². The first kappa shape index (κ1) is 43.1. The third-order valence-electron chi connectivity index (χ3n) is 15.0. The van der Waals surface area contributed by atoms with Crippen molar-refractivity contribution in [2.45, 2.75) is 0 Å². The third kappa shape index (κ3) is 7.69. The van der Waals surface area contributed by atoms with E-state index < -0.39 is 0 Å². The van der Waals surface area contributed by atoms with Gasteiger partial charge in [-0.1, -0.05) is 218 Å². The van der Waals surface area contributed by atoms with Crippen molar-refractivity contribution in [3.63, 3.8) is 0 Å². The Hall–Kier alpha value is -9.76. The molecule has 346 valence electrons. The Morgan fingerprint density at radius 2 is 0.405 bits per heavy atom. The Morgan fingerprint density at radius 1 is 0.149 bits per heavy atom. The summed E-state index contributed by atoms with van der Waals surface area (Å²) in [4.78, 5) is 0. The normalized spacial score (nSPS) is 11.5. The highest BCUT2D eigenvalue weighted by atomic mass is 15.0. The van der Waals surface area contributed by atoms with E-state index in [-0.39, 0.29) is 0 Å². The zero-order valence-electron chi connectivity index (χ0n) is 40.6. The largest absolute Gasteiger partial charge is 0.309 e. The Balaban J connectivity index is 0.707. The van der Waals surface area contributed by atoms with Crippen LogP contribution >= 0.6 is 0 Å². The molecule has 0 atom stereocenters. The van der Waals surface area contributed by atoms with Crippen LogP contribution in [-0.4, -0.2) is 9.13 Å². The molecule has 0 radical (unpaired) electrons. The van der Waals surface area contributed by atoms with Gasteiger partial charge in [0.2, 0.25) is 0 Å². The van der Waals surface area contributed by atoms with E-state index in [0.717, 1.165) is 5.69 Å². The van der Waals surface area contributed by atoms with Crippen LogP contribution < -0.4 is 0 Å². The van der Waals surface area contributed by atoms with Crippen LogP contribution in [0.15, 0.2) is 291 Å². The highest BCUT2D eigenvalue weighted by Crippen LogP contribution is 2.39. The van der Waals surface area contributed by atoms with Crippen LogP contribution in [0.1, 0.15) is 0 Å². The molecule has 0 aliphatic heterocycles. The number of benzene rings is 12. The minimum absolute atomic E-state index is 1.14. The first-order valence-electron chi connectivity index (χ1n) is 25.5. The Labute approximate surface area is 431 Å². The molecule has 0 saturated carbocycles. The molecule has 0 aliphatic carbocycles. The van der Waals surface area contributed by atoms with Crippen LogP contribution in [0.3, 0.4) is 0 Å². The van der Waals surface area contributed by atoms with Crippen molar-refractivity contribution < 1.29 is 0 Å². The summed E-state index contributed by atoms with van der Waals surface area (Å²) in [7, 11) is 0. The van der Waals surface area contributed by atoms with E-state index in [9.17, 15) is 0 Å². The van der Waals surface area contributed by atoms with E-state index in [2.05, 4.69) is 300 Å². The summed E-state index contributed by atoms with van der Waals surface area (Å²) in [5.74, 6) is 0. The second-order valence-electron chi connectivity index (χ2n) is 19.3. The zero-order valence-corrected chi connectivity index (χ0v) is 40.6. The summed E-state index contributed by atoms with van der Waals surface area (Å²) in [5.41, 5.74) is 24.0. The molecule has 0 bridgehead atoms. The van der Waals surface area contributed by atoms with Gasteiger partial charge in [-0.05, 0) is 151 Å². The minimum atomic E-state index is 1.14. The van der Waals surface area contributed by atoms with Gasteiger partial charge in [0.1, 0.15) is 0 Å². The number of hydrogen-bond donors (Lipinski definition) is 0. The average molecular weight is 941 g/mol. The molecule has 2 heteroatoms. The van der Waals surface area contributed by atoms with E-state index >= 15 is 0 Å². The molecule has 12 aromatic carbocycles. The second-order valence-corrected chi connectivity index (χ2v) is 19.3. The predicted molar refractivity (Wildman–Crippen MR) is 313 cm³/mol. The van der Waals surface area contributed by atoms with E-state index in [1.165, 1.54) is 127 Å². The van der Waals surface area contributed by atoms with Gasteiger partial charge in [0, 0.05) is 32.9 Å². The van der Waals surface area contributed by atoms with Crippen molar-refractivity contribution in [1.29, 1.82) is 0 Å². The number of aromatic nitrogens is 2. The van der Waals surface area contributed by atoms with Gasteiger partial charge < -0.3 is 9.13 Å². The summed E-state index contributed by atoms with van der Waals surface area (Å²) in [6.07, 6.45) is 0. The lowest BCUT2D eigenvalue weighted by Crippen LogP contribution is -1.94. The minimum Gasteiger partial charge on any atom is -0.309 e. The quantitative estimate of drug-likeness (QED) is 0.136. The molecule has 0 saturated heterocycles. The van der Waals surface area contributed by atoms with E-state index in [4.69, 9.17) is 0 Å². The standard InChI is InChI=1S/C72H48N2/c1-3-13-49(14-4-1)50-25-27-51(28-26-50)52-29-33-55(34-30-52)57-15-11-17-59(45-57)60-18-12-16-58(46-60)56-35-31-53(32-36-56)54-37-41-64(42-38-54)74-70-24-10-8-22-66(70)68-48-62(40-44-72(68)74)61-39-43-71-67(47-61)65-21-7-9-23-69(65)73(71)63-19-5-2-6-20-63/h1-48H. The number of fused-ring (bicyclic) bond motifs is 6. The average Bonchev–Trinajstić information content (AvgIpc) is 4.01. The first-order chi connectivity index (χ1) is 36.7. The molecule has 74 heavy (non-hydrogen) atoms. The number of hydrogen-bond acceptors (Lipinski definition) is 0. The molecule has 0 amide bonds. The SMILES string of the molecule is c1ccc(-c2ccc(-c3ccc(-c4cccc(-c5cccc(-c6ccc(-c7ccc(-n8c9ccccc9c9cc(-c%10ccc%11c(c%10)c%10ccccc%10n%11-c%10ccccc%10)ccc98)cc7)cc6)c5)c4)cc3)cc2)cc1. The Bertz CT molecular complexity index is 4350. The van der Waals surface area contributed by atoms with Gasteiger partial charge in [0.05, 0.1) is 22.1 Å². The van der Waals surface area contributed by atoms with Crippen molar-refractivity contribution in [3.8, 4) is 89.3 Å². The molecular formula is C72H48N2. The van der Waals surface area contributed by atoms with Crippen LogP contribution in [-0.2, 0) is 0 Å². The lowest BCUT2D eigenvalue weighted by atomic mass is 9.94. The fourth-order valence-electron chi connectivity index (χ4n) is 11.2. The summed E-state index contributed by atoms with van der Waals surface area (Å²) < 4.78 is 4.78. The summed E-state index contributed by atoms with van der Waals surface area (Å²) in [6, 6.07) is 106. The number of rotatable bonds is 9. The zero-order chi connectivity index (χ0) is 49.0. The third-order valence-corrected chi connectivity index (χ3v) is 15.0. The van der Waals surface area contributed by atoms with E-state index in [1.54, 1.807) is 0 Å². The van der Waals surface area contributed by atoms with Crippen molar-refractivity contribution in [2.75, 3.05) is 0 Å². The van der Waals surface area contributed by atoms with Crippen molar-refractivity contribution in [2.24, 2.45) is 0 Å². The summed E-state index contributed by atoms with van der Waals surface area (Å²) in [6.45, 7) is 0. The van der Waals surface area contributed by atoms with Gasteiger partial charge >= 0.3 is 0 Å². The predicted octanol–water partition coefficient (Wildman–Crippen LogP) is 19.5. The van der Waals surface area contributed by atoms with Crippen molar-refractivity contribution >= 4 is 43.6 Å². The first-order valence-corrected chi connectivity index (χ1v) is 25.5. The smallest absolute Gasteiger partial charge is 0.0541 e. The molecule has 0 unspecified atom stereocenters. The molecule has 2 nitrogen and oxygen atoms in total. The molecule has 0 fully saturated rings. The van der Waals surface area contributed by atoms with Crippen molar-refractivity contribution in [1.82, 2.24) is 9.13 Å². The lowest BCUT2D eigenvalue weighted by molar-refractivity contribution is 1.18. The number of para-hydroxylation sites is 3. The highest BCUT2D eigenvalue weighted by molar-refractivity contribution is 6.12. The van der Waals surface area contributed by atoms with Crippen LogP contribution in [0.2, 0.25) is 0 Å². The highest BCUT2D eigenvalue weighted by Gasteiger charge is 2.17. The topological polar surface area (TPSA) is 9.86 Å². The maximum absolute atomic E-state index is 2.41. The van der Waals surface area contributed by atoms with Gasteiger partial charge in [0.25, 0.3) is 0 Å². The lowest BCUT2D eigenvalue weighted by Gasteiger charge is -2.11. The molecular weight excluding hydrogens is 893 g/mol. The van der Waals surface area contributed by atoms with Crippen molar-refractivity contribution in [3.05, 3.63) is 291 Å². The fourth-order valence-corrected chi connectivity index (χ4v) is 11.2. The molecule has 14 aromatic rings. The summed E-state index contributed by atoms with van der Waals surface area (Å²) in [5, 5.41) is 5.00. The molecule has 2 heterocycles. The number of nitrogens with zero attached hydrogens (tertiary/aromatic N) is 2. The van der Waals surface area contributed by atoms with Gasteiger partial charge in [-0.25, -0.2) is 0 Å². The Kier molecular flexibility index (Phi) is 10.6. The van der Waals surface area contributed by atoms with E-state index in [1.807, 2.05) is 0 Å². The molecule has 0 spiro atoms. The van der Waals surface area contributed by atoms with Gasteiger partial charge in [-0.3, -0.25) is 0 Å².